The summed E-state index contributed by atoms with van der Waals surface area (Å²) in [5, 5.41) is 3.25. The molecule has 1 aromatic heterocycles. The van der Waals surface area contributed by atoms with Crippen LogP contribution in [0.4, 0.5) is 13.2 Å². The molecule has 0 radical (unpaired) electrons. The predicted octanol–water partition coefficient (Wildman–Crippen LogP) is 3.84. The zero-order chi connectivity index (χ0) is 18.9. The average molecular weight is 486 g/mol. The molecular formula is C17H26F3IN4O. The maximum absolute atomic E-state index is 12.2. The van der Waals surface area contributed by atoms with Crippen molar-refractivity contribution in [2.24, 2.45) is 10.4 Å². The Labute approximate surface area is 169 Å². The number of ether oxygens (including phenoxy) is 1. The number of halogens is 4. The molecule has 0 aromatic carbocycles. The van der Waals surface area contributed by atoms with Crippen LogP contribution in [0, 0.1) is 5.41 Å². The molecule has 1 aliphatic rings. The van der Waals surface area contributed by atoms with Crippen LogP contribution in [0.1, 0.15) is 33.3 Å². The second-order valence-electron chi connectivity index (χ2n) is 7.34. The molecule has 2 heterocycles. The van der Waals surface area contributed by atoms with E-state index in [1.54, 1.807) is 13.1 Å². The van der Waals surface area contributed by atoms with E-state index in [1.165, 1.54) is 12.3 Å². The van der Waals surface area contributed by atoms with E-state index in [0.29, 0.717) is 6.54 Å². The quantitative estimate of drug-likeness (QED) is 0.400. The van der Waals surface area contributed by atoms with E-state index in [9.17, 15) is 13.2 Å². The summed E-state index contributed by atoms with van der Waals surface area (Å²) in [5.74, 6) is 0.718. The molecule has 2 rings (SSSR count). The van der Waals surface area contributed by atoms with E-state index in [-0.39, 0.29) is 40.8 Å². The Morgan fingerprint density at radius 3 is 2.50 bits per heavy atom. The van der Waals surface area contributed by atoms with Crippen LogP contribution in [0.2, 0.25) is 0 Å². The van der Waals surface area contributed by atoms with Crippen LogP contribution < -0.4 is 10.1 Å². The van der Waals surface area contributed by atoms with Gasteiger partial charge in [-0.3, -0.25) is 4.99 Å². The zero-order valence-electron chi connectivity index (χ0n) is 15.6. The molecule has 1 N–H and O–H groups in total. The summed E-state index contributed by atoms with van der Waals surface area (Å²) in [6.45, 7) is 8.71. The van der Waals surface area contributed by atoms with Gasteiger partial charge in [0.25, 0.3) is 0 Å². The molecule has 0 spiro atoms. The number of nitrogens with one attached hydrogen (secondary N) is 1. The van der Waals surface area contributed by atoms with Gasteiger partial charge in [0.15, 0.2) is 12.6 Å². The Bertz CT molecular complexity index is 647. The highest BCUT2D eigenvalue weighted by Crippen LogP contribution is 2.46. The number of hydrogen-bond acceptors (Lipinski definition) is 3. The van der Waals surface area contributed by atoms with Crippen molar-refractivity contribution in [1.82, 2.24) is 15.2 Å². The molecule has 148 valence electrons. The molecule has 0 aliphatic carbocycles. The largest absolute Gasteiger partial charge is 0.468 e. The summed E-state index contributed by atoms with van der Waals surface area (Å²) >= 11 is 0. The van der Waals surface area contributed by atoms with E-state index >= 15 is 0 Å². The zero-order valence-corrected chi connectivity index (χ0v) is 18.0. The summed E-state index contributed by atoms with van der Waals surface area (Å²) in [5.41, 5.74) is 0.916. The van der Waals surface area contributed by atoms with E-state index in [0.717, 1.165) is 18.1 Å². The Hall–Kier alpha value is -1.26. The number of alkyl halides is 3. The minimum absolute atomic E-state index is 0. The van der Waals surface area contributed by atoms with Crippen molar-refractivity contribution < 1.29 is 17.9 Å². The van der Waals surface area contributed by atoms with Crippen molar-refractivity contribution in [2.75, 3.05) is 20.2 Å². The maximum atomic E-state index is 12.2. The lowest BCUT2D eigenvalue weighted by Crippen LogP contribution is -2.72. The van der Waals surface area contributed by atoms with Gasteiger partial charge in [-0.2, -0.15) is 13.2 Å². The van der Waals surface area contributed by atoms with Crippen molar-refractivity contribution in [2.45, 2.75) is 46.0 Å². The highest BCUT2D eigenvalue weighted by molar-refractivity contribution is 14.0. The first-order chi connectivity index (χ1) is 11.5. The summed E-state index contributed by atoms with van der Waals surface area (Å²) in [7, 11) is 1.72. The first-order valence-corrected chi connectivity index (χ1v) is 8.09. The molecule has 1 fully saturated rings. The minimum atomic E-state index is -4.38. The first kappa shape index (κ1) is 22.8. The van der Waals surface area contributed by atoms with Gasteiger partial charge in [-0.25, -0.2) is 4.98 Å². The van der Waals surface area contributed by atoms with E-state index < -0.39 is 12.8 Å². The van der Waals surface area contributed by atoms with Crippen LogP contribution in [-0.4, -0.2) is 47.8 Å². The van der Waals surface area contributed by atoms with Crippen LogP contribution in [0.15, 0.2) is 23.3 Å². The number of likely N-dealkylation sites (tertiary alicyclic amines) is 1. The second-order valence-corrected chi connectivity index (χ2v) is 7.34. The molecule has 5 nitrogen and oxygen atoms in total. The summed E-state index contributed by atoms with van der Waals surface area (Å²) in [4.78, 5) is 10.3. The van der Waals surface area contributed by atoms with Gasteiger partial charge in [0.1, 0.15) is 0 Å². The van der Waals surface area contributed by atoms with E-state index in [2.05, 4.69) is 52.6 Å². The van der Waals surface area contributed by atoms with Crippen molar-refractivity contribution in [3.8, 4) is 5.88 Å². The van der Waals surface area contributed by atoms with E-state index in [4.69, 9.17) is 0 Å². The summed E-state index contributed by atoms with van der Waals surface area (Å²) in [6, 6.07) is 3.23. The highest BCUT2D eigenvalue weighted by Gasteiger charge is 2.53. The van der Waals surface area contributed by atoms with Crippen molar-refractivity contribution in [1.29, 1.82) is 0 Å². The molecule has 1 saturated heterocycles. The first-order valence-electron chi connectivity index (χ1n) is 8.09. The Balaban J connectivity index is 0.00000338. The van der Waals surface area contributed by atoms with Gasteiger partial charge in [0.2, 0.25) is 5.88 Å². The van der Waals surface area contributed by atoms with Crippen LogP contribution in [0.3, 0.4) is 0 Å². The fourth-order valence-corrected chi connectivity index (χ4v) is 2.67. The molecular weight excluding hydrogens is 460 g/mol. The highest BCUT2D eigenvalue weighted by atomic mass is 127. The fraction of sp³-hybridized carbons (Fsp3) is 0.647. The molecule has 0 amide bonds. The molecule has 26 heavy (non-hydrogen) atoms. The Kier molecular flexibility index (Phi) is 7.17. The molecule has 0 bridgehead atoms. The van der Waals surface area contributed by atoms with Gasteiger partial charge >= 0.3 is 6.18 Å². The van der Waals surface area contributed by atoms with Gasteiger partial charge in [-0.1, -0.05) is 13.8 Å². The lowest BCUT2D eigenvalue weighted by molar-refractivity contribution is -0.154. The smallest absolute Gasteiger partial charge is 0.422 e. The molecule has 1 aliphatic heterocycles. The lowest BCUT2D eigenvalue weighted by Gasteiger charge is -2.62. The predicted molar refractivity (Wildman–Crippen MR) is 106 cm³/mol. The standard InChI is InChI=1S/C17H25F3N4O.HI/c1-15(2)10-24(16(15,3)4)14(21-5)23-9-12-6-7-22-13(8-12)25-11-17(18,19)20;/h6-8H,9-11H2,1-5H3,(H,21,23);1H. The SMILES string of the molecule is CN=C(NCc1ccnc(OCC(F)(F)F)c1)N1CC(C)(C)C1(C)C.I. The third-order valence-corrected chi connectivity index (χ3v) is 4.99. The van der Waals surface area contributed by atoms with Crippen LogP contribution in [-0.2, 0) is 6.54 Å². The van der Waals surface area contributed by atoms with Gasteiger partial charge in [-0.15, -0.1) is 24.0 Å². The number of rotatable bonds is 4. The molecule has 9 heteroatoms. The van der Waals surface area contributed by atoms with Crippen molar-refractivity contribution in [3.63, 3.8) is 0 Å². The van der Waals surface area contributed by atoms with Crippen molar-refractivity contribution in [3.05, 3.63) is 23.9 Å². The summed E-state index contributed by atoms with van der Waals surface area (Å²) in [6.07, 6.45) is -2.95. The number of aromatic nitrogens is 1. The number of nitrogens with zero attached hydrogens (tertiary/aromatic N) is 3. The van der Waals surface area contributed by atoms with Crippen LogP contribution in [0.5, 0.6) is 5.88 Å². The van der Waals surface area contributed by atoms with Gasteiger partial charge in [0.05, 0.1) is 0 Å². The third kappa shape index (κ3) is 5.14. The summed E-state index contributed by atoms with van der Waals surface area (Å²) < 4.78 is 41.4. The maximum Gasteiger partial charge on any atom is 0.422 e. The average Bonchev–Trinajstić information content (AvgIpc) is 2.52. The molecule has 0 unspecified atom stereocenters. The van der Waals surface area contributed by atoms with Crippen LogP contribution >= 0.6 is 24.0 Å². The fourth-order valence-electron chi connectivity index (χ4n) is 2.67. The third-order valence-electron chi connectivity index (χ3n) is 4.99. The topological polar surface area (TPSA) is 49.8 Å². The number of pyridine rings is 1. The molecule has 0 saturated carbocycles. The number of guanidine groups is 1. The molecule has 0 atom stereocenters. The van der Waals surface area contributed by atoms with Gasteiger partial charge in [0, 0.05) is 43.4 Å². The molecule has 1 aromatic rings. The number of aliphatic imine (C=N–C) groups is 1. The Morgan fingerprint density at radius 2 is 2.00 bits per heavy atom. The Morgan fingerprint density at radius 1 is 1.35 bits per heavy atom. The van der Waals surface area contributed by atoms with Crippen LogP contribution in [0.25, 0.3) is 0 Å². The minimum Gasteiger partial charge on any atom is -0.468 e. The van der Waals surface area contributed by atoms with Crippen molar-refractivity contribution >= 4 is 29.9 Å². The van der Waals surface area contributed by atoms with E-state index in [1.807, 2.05) is 0 Å². The second kappa shape index (κ2) is 8.18. The monoisotopic (exact) mass is 486 g/mol. The number of hydrogen-bond donors (Lipinski definition) is 1. The van der Waals surface area contributed by atoms with Gasteiger partial charge < -0.3 is 15.0 Å². The van der Waals surface area contributed by atoms with Gasteiger partial charge in [-0.05, 0) is 25.5 Å². The lowest BCUT2D eigenvalue weighted by atomic mass is 9.65. The normalized spacial score (nSPS) is 18.6.